The first-order valence-electron chi connectivity index (χ1n) is 6.72. The van der Waals surface area contributed by atoms with E-state index in [2.05, 4.69) is 67.5 Å². The molecule has 0 nitrogen and oxygen atoms in total. The van der Waals surface area contributed by atoms with Crippen LogP contribution in [0.1, 0.15) is 70.2 Å². The predicted molar refractivity (Wildman–Crippen MR) is 77.9 cm³/mol. The van der Waals surface area contributed by atoms with Crippen LogP contribution in [0, 0.1) is 13.8 Å². The topological polar surface area (TPSA) is 0 Å². The first-order valence-corrected chi connectivity index (χ1v) is 6.72. The van der Waals surface area contributed by atoms with Gasteiger partial charge in [-0.3, -0.25) is 0 Å². The second kappa shape index (κ2) is 4.48. The van der Waals surface area contributed by atoms with Crippen molar-refractivity contribution >= 4 is 0 Å². The third kappa shape index (κ3) is 2.91. The van der Waals surface area contributed by atoms with Gasteiger partial charge in [0.2, 0.25) is 0 Å². The van der Waals surface area contributed by atoms with Crippen molar-refractivity contribution < 1.29 is 0 Å². The molecule has 0 unspecified atom stereocenters. The summed E-state index contributed by atoms with van der Waals surface area (Å²) >= 11 is 0. The summed E-state index contributed by atoms with van der Waals surface area (Å²) in [6.45, 7) is 18.3. The highest BCUT2D eigenvalue weighted by Gasteiger charge is 2.23. The van der Waals surface area contributed by atoms with Crippen LogP contribution in [0.2, 0.25) is 0 Å². The van der Waals surface area contributed by atoms with Crippen LogP contribution in [-0.2, 0) is 10.8 Å². The fraction of sp³-hybridized carbons (Fsp3) is 0.647. The van der Waals surface area contributed by atoms with Crippen LogP contribution in [-0.4, -0.2) is 0 Å². The lowest BCUT2D eigenvalue weighted by molar-refractivity contribution is 0.501. The zero-order valence-electron chi connectivity index (χ0n) is 12.9. The Balaban J connectivity index is 3.45. The van der Waals surface area contributed by atoms with E-state index >= 15 is 0 Å². The van der Waals surface area contributed by atoms with E-state index in [9.17, 15) is 0 Å². The molecule has 0 aliphatic heterocycles. The molecule has 0 bridgehead atoms. The van der Waals surface area contributed by atoms with E-state index in [4.69, 9.17) is 0 Å². The van der Waals surface area contributed by atoms with Crippen LogP contribution in [0.25, 0.3) is 0 Å². The molecule has 0 aliphatic rings. The average Bonchev–Trinajstić information content (AvgIpc) is 2.19. The molecule has 0 spiro atoms. The van der Waals surface area contributed by atoms with Crippen molar-refractivity contribution in [3.8, 4) is 0 Å². The Labute approximate surface area is 107 Å². The Morgan fingerprint density at radius 2 is 1.47 bits per heavy atom. The quantitative estimate of drug-likeness (QED) is 0.650. The molecule has 96 valence electrons. The molecular weight excluding hydrogens is 204 g/mol. The summed E-state index contributed by atoms with van der Waals surface area (Å²) in [5.74, 6) is 0. The Morgan fingerprint density at radius 3 is 1.88 bits per heavy atom. The monoisotopic (exact) mass is 232 g/mol. The van der Waals surface area contributed by atoms with E-state index in [-0.39, 0.29) is 10.8 Å². The summed E-state index contributed by atoms with van der Waals surface area (Å²) in [6, 6.07) is 4.79. The summed E-state index contributed by atoms with van der Waals surface area (Å²) in [7, 11) is 0. The van der Waals surface area contributed by atoms with Crippen molar-refractivity contribution in [2.24, 2.45) is 0 Å². The van der Waals surface area contributed by atoms with Gasteiger partial charge in [-0.2, -0.15) is 0 Å². The fourth-order valence-electron chi connectivity index (χ4n) is 2.23. The van der Waals surface area contributed by atoms with Gasteiger partial charge in [-0.1, -0.05) is 53.7 Å². The van der Waals surface area contributed by atoms with Crippen LogP contribution < -0.4 is 0 Å². The maximum atomic E-state index is 2.42. The van der Waals surface area contributed by atoms with Crippen LogP contribution in [0.4, 0.5) is 0 Å². The maximum Gasteiger partial charge on any atom is -0.0106 e. The molecule has 17 heavy (non-hydrogen) atoms. The zero-order valence-corrected chi connectivity index (χ0v) is 12.9. The average molecular weight is 232 g/mol. The molecule has 0 aromatic heterocycles. The minimum atomic E-state index is 0.231. The second-order valence-electron chi connectivity index (χ2n) is 6.95. The van der Waals surface area contributed by atoms with E-state index in [1.807, 2.05) is 0 Å². The summed E-state index contributed by atoms with van der Waals surface area (Å²) in [5, 5.41) is 0. The number of rotatable bonds is 2. The molecule has 0 atom stereocenters. The van der Waals surface area contributed by atoms with E-state index in [0.717, 1.165) is 0 Å². The summed E-state index contributed by atoms with van der Waals surface area (Å²) < 4.78 is 0. The Morgan fingerprint density at radius 1 is 0.941 bits per heavy atom. The molecule has 1 rings (SSSR count). The first-order chi connectivity index (χ1) is 7.59. The van der Waals surface area contributed by atoms with Crippen molar-refractivity contribution in [3.63, 3.8) is 0 Å². The van der Waals surface area contributed by atoms with Gasteiger partial charge < -0.3 is 0 Å². The molecule has 0 fully saturated rings. The van der Waals surface area contributed by atoms with Gasteiger partial charge in [0, 0.05) is 0 Å². The van der Waals surface area contributed by atoms with E-state index in [1.165, 1.54) is 28.7 Å². The van der Waals surface area contributed by atoms with Gasteiger partial charge in [0.15, 0.2) is 0 Å². The second-order valence-corrected chi connectivity index (χ2v) is 6.95. The molecule has 1 aromatic carbocycles. The maximum absolute atomic E-state index is 2.42. The third-order valence-corrected chi connectivity index (χ3v) is 4.14. The van der Waals surface area contributed by atoms with Crippen molar-refractivity contribution in [2.45, 2.75) is 72.6 Å². The summed E-state index contributed by atoms with van der Waals surface area (Å²) in [4.78, 5) is 0. The van der Waals surface area contributed by atoms with Crippen LogP contribution >= 0.6 is 0 Å². The number of benzene rings is 1. The predicted octanol–water partition coefficient (Wildman–Crippen LogP) is 5.29. The molecule has 0 heteroatoms. The molecule has 1 aromatic rings. The summed E-state index contributed by atoms with van der Waals surface area (Å²) in [5.41, 5.74) is 6.36. The van der Waals surface area contributed by atoms with Gasteiger partial charge >= 0.3 is 0 Å². The molecule has 0 N–H and O–H groups in total. The highest BCUT2D eigenvalue weighted by atomic mass is 14.3. The van der Waals surface area contributed by atoms with Gasteiger partial charge in [-0.05, 0) is 53.4 Å². The minimum Gasteiger partial charge on any atom is -0.0646 e. The molecular formula is C17H28. The van der Waals surface area contributed by atoms with Crippen molar-refractivity contribution in [1.29, 1.82) is 0 Å². The first kappa shape index (κ1) is 14.3. The van der Waals surface area contributed by atoms with E-state index in [1.54, 1.807) is 0 Å². The van der Waals surface area contributed by atoms with Gasteiger partial charge in [0.25, 0.3) is 0 Å². The standard InChI is InChI=1S/C17H28/c1-9-17(7,8)14-10-12(2)13(3)15(11-14)16(4,5)6/h10-11H,9H2,1-8H3. The molecule has 0 saturated carbocycles. The lowest BCUT2D eigenvalue weighted by Gasteiger charge is -2.29. The van der Waals surface area contributed by atoms with Crippen LogP contribution in [0.5, 0.6) is 0 Å². The van der Waals surface area contributed by atoms with Gasteiger partial charge in [-0.15, -0.1) is 0 Å². The molecule has 0 amide bonds. The van der Waals surface area contributed by atoms with E-state index in [0.29, 0.717) is 0 Å². The van der Waals surface area contributed by atoms with Crippen LogP contribution in [0.15, 0.2) is 12.1 Å². The minimum absolute atomic E-state index is 0.231. The summed E-state index contributed by atoms with van der Waals surface area (Å²) in [6.07, 6.45) is 1.18. The Kier molecular flexibility index (Phi) is 3.76. The smallest absolute Gasteiger partial charge is 0.0106 e. The number of hydrogen-bond acceptors (Lipinski definition) is 0. The SMILES string of the molecule is CCC(C)(C)c1cc(C)c(C)c(C(C)(C)C)c1. The molecule has 0 saturated heterocycles. The largest absolute Gasteiger partial charge is 0.0646 e. The van der Waals surface area contributed by atoms with Crippen molar-refractivity contribution in [3.05, 3.63) is 34.4 Å². The fourth-order valence-corrected chi connectivity index (χ4v) is 2.23. The normalized spacial score (nSPS) is 12.9. The third-order valence-electron chi connectivity index (χ3n) is 4.14. The molecule has 0 radical (unpaired) electrons. The molecule has 0 heterocycles. The van der Waals surface area contributed by atoms with Crippen molar-refractivity contribution in [1.82, 2.24) is 0 Å². The van der Waals surface area contributed by atoms with Gasteiger partial charge in [-0.25, -0.2) is 0 Å². The highest BCUT2D eigenvalue weighted by Crippen LogP contribution is 2.34. The zero-order chi connectivity index (χ0) is 13.4. The lowest BCUT2D eigenvalue weighted by Crippen LogP contribution is -2.20. The van der Waals surface area contributed by atoms with Gasteiger partial charge in [0.1, 0.15) is 0 Å². The van der Waals surface area contributed by atoms with E-state index < -0.39 is 0 Å². The number of hydrogen-bond donors (Lipinski definition) is 0. The Bertz CT molecular complexity index is 403. The highest BCUT2D eigenvalue weighted by molar-refractivity contribution is 5.43. The van der Waals surface area contributed by atoms with Crippen molar-refractivity contribution in [2.75, 3.05) is 0 Å². The number of aryl methyl sites for hydroxylation is 1. The lowest BCUT2D eigenvalue weighted by atomic mass is 9.75. The van der Waals surface area contributed by atoms with Crippen LogP contribution in [0.3, 0.4) is 0 Å². The molecule has 0 aliphatic carbocycles. The van der Waals surface area contributed by atoms with Gasteiger partial charge in [0.05, 0.1) is 0 Å². The Hall–Kier alpha value is -0.780.